The van der Waals surface area contributed by atoms with Gasteiger partial charge in [0.25, 0.3) is 11.7 Å². The number of hydrogen-bond donors (Lipinski definition) is 1. The van der Waals surface area contributed by atoms with Gasteiger partial charge in [-0.25, -0.2) is 8.78 Å². The molecule has 0 radical (unpaired) electrons. The van der Waals surface area contributed by atoms with E-state index in [-0.39, 0.29) is 17.0 Å². The van der Waals surface area contributed by atoms with Crippen LogP contribution in [0.3, 0.4) is 0 Å². The molecule has 2 aliphatic rings. The fourth-order valence-electron chi connectivity index (χ4n) is 4.62. The Hall–Kier alpha value is -4.40. The number of rotatable bonds is 5. The molecule has 1 atom stereocenters. The molecular formula is C28H24F2N2O5. The summed E-state index contributed by atoms with van der Waals surface area (Å²) in [5, 5.41) is 11.4. The minimum absolute atomic E-state index is 0.0162. The summed E-state index contributed by atoms with van der Waals surface area (Å²) in [7, 11) is 1.88. The first-order valence-corrected chi connectivity index (χ1v) is 11.8. The van der Waals surface area contributed by atoms with Crippen LogP contribution in [0, 0.1) is 11.6 Å². The third-order valence-electron chi connectivity index (χ3n) is 6.46. The molecule has 1 amide bonds. The summed E-state index contributed by atoms with van der Waals surface area (Å²) in [5.74, 6) is -3.33. The van der Waals surface area contributed by atoms with Crippen LogP contribution in [0.2, 0.25) is 0 Å². The maximum absolute atomic E-state index is 14.1. The van der Waals surface area contributed by atoms with Gasteiger partial charge in [-0.3, -0.25) is 14.5 Å². The summed E-state index contributed by atoms with van der Waals surface area (Å²) in [6.45, 7) is 3.45. The minimum atomic E-state index is -1.16. The number of aliphatic hydroxyl groups is 1. The van der Waals surface area contributed by atoms with Crippen LogP contribution in [0.25, 0.3) is 5.76 Å². The van der Waals surface area contributed by atoms with Crippen LogP contribution >= 0.6 is 0 Å². The summed E-state index contributed by atoms with van der Waals surface area (Å²) in [5.41, 5.74) is 1.33. The van der Waals surface area contributed by atoms with Crippen molar-refractivity contribution in [2.24, 2.45) is 0 Å². The number of amides is 1. The number of hydrogen-bond acceptors (Lipinski definition) is 6. The number of anilines is 2. The zero-order valence-electron chi connectivity index (χ0n) is 20.2. The Balaban J connectivity index is 1.68. The topological polar surface area (TPSA) is 79.3 Å². The molecule has 1 fully saturated rings. The molecule has 37 heavy (non-hydrogen) atoms. The molecule has 190 valence electrons. The fraction of sp³-hybridized carbons (Fsp3) is 0.214. The van der Waals surface area contributed by atoms with Gasteiger partial charge in [-0.05, 0) is 55.0 Å². The molecule has 1 N–H and O–H groups in total. The highest BCUT2D eigenvalue weighted by Gasteiger charge is 2.47. The SMILES string of the molecule is CCOc1ccc(C2/C(=C(/O)c3ccc4c(c3)N(C)CCO4)C(=O)C(=O)N2c2ccc(F)c(F)c2)cc1. The summed E-state index contributed by atoms with van der Waals surface area (Å²) >= 11 is 0. The molecule has 3 aromatic carbocycles. The summed E-state index contributed by atoms with van der Waals surface area (Å²) in [4.78, 5) is 29.6. The van der Waals surface area contributed by atoms with Crippen molar-refractivity contribution >= 4 is 28.8 Å². The molecule has 0 spiro atoms. The fourth-order valence-corrected chi connectivity index (χ4v) is 4.62. The second kappa shape index (κ2) is 9.57. The number of halogens is 2. The van der Waals surface area contributed by atoms with Crippen molar-refractivity contribution in [1.82, 2.24) is 0 Å². The van der Waals surface area contributed by atoms with Crippen LogP contribution in [-0.4, -0.2) is 43.6 Å². The number of ketones is 1. The zero-order chi connectivity index (χ0) is 26.3. The number of ether oxygens (including phenoxy) is 2. The van der Waals surface area contributed by atoms with Gasteiger partial charge >= 0.3 is 0 Å². The molecule has 5 rings (SSSR count). The standard InChI is InChI=1S/C28H24F2N2O5/c1-3-36-19-8-4-16(5-9-19)25-24(26(33)17-6-11-23-22(14-17)31(2)12-13-37-23)27(34)28(35)32(25)18-7-10-20(29)21(30)15-18/h4-11,14-15,25,33H,3,12-13H2,1-2H3/b26-24-. The van der Waals surface area contributed by atoms with Crippen LogP contribution in [-0.2, 0) is 9.59 Å². The quantitative estimate of drug-likeness (QED) is 0.304. The number of fused-ring (bicyclic) bond motifs is 1. The summed E-state index contributed by atoms with van der Waals surface area (Å²) in [6, 6.07) is 13.5. The van der Waals surface area contributed by atoms with Gasteiger partial charge < -0.3 is 19.5 Å². The summed E-state index contributed by atoms with van der Waals surface area (Å²) in [6.07, 6.45) is 0. The highest BCUT2D eigenvalue weighted by molar-refractivity contribution is 6.51. The van der Waals surface area contributed by atoms with E-state index < -0.39 is 29.4 Å². The third kappa shape index (κ3) is 4.26. The van der Waals surface area contributed by atoms with E-state index in [1.807, 2.05) is 18.9 Å². The maximum Gasteiger partial charge on any atom is 0.300 e. The lowest BCUT2D eigenvalue weighted by Gasteiger charge is -2.28. The number of carbonyl (C=O) groups excluding carboxylic acids is 2. The second-order valence-corrected chi connectivity index (χ2v) is 8.72. The lowest BCUT2D eigenvalue weighted by molar-refractivity contribution is -0.132. The second-order valence-electron chi connectivity index (χ2n) is 8.72. The van der Waals surface area contributed by atoms with Crippen LogP contribution in [0.1, 0.15) is 24.1 Å². The zero-order valence-corrected chi connectivity index (χ0v) is 20.2. The lowest BCUT2D eigenvalue weighted by Crippen LogP contribution is -2.29. The molecule has 9 heteroatoms. The molecule has 0 bridgehead atoms. The average molecular weight is 507 g/mol. The molecule has 2 heterocycles. The van der Waals surface area contributed by atoms with Crippen molar-refractivity contribution in [2.45, 2.75) is 13.0 Å². The van der Waals surface area contributed by atoms with Gasteiger partial charge in [-0.1, -0.05) is 12.1 Å². The lowest BCUT2D eigenvalue weighted by atomic mass is 9.94. The van der Waals surface area contributed by atoms with Gasteiger partial charge in [0.05, 0.1) is 30.5 Å². The number of Topliss-reactive ketones (excluding diaryl/α,β-unsaturated/α-hetero) is 1. The van der Waals surface area contributed by atoms with Gasteiger partial charge in [0.15, 0.2) is 11.6 Å². The van der Waals surface area contributed by atoms with Crippen molar-refractivity contribution in [2.75, 3.05) is 36.6 Å². The highest BCUT2D eigenvalue weighted by Crippen LogP contribution is 2.43. The van der Waals surface area contributed by atoms with Crippen molar-refractivity contribution in [1.29, 1.82) is 0 Å². The minimum Gasteiger partial charge on any atom is -0.507 e. The normalized spacial score (nSPS) is 18.5. The van der Waals surface area contributed by atoms with E-state index >= 15 is 0 Å². The molecule has 3 aromatic rings. The number of carbonyl (C=O) groups is 2. The van der Waals surface area contributed by atoms with E-state index in [0.717, 1.165) is 22.7 Å². The van der Waals surface area contributed by atoms with Crippen LogP contribution in [0.15, 0.2) is 66.2 Å². The largest absolute Gasteiger partial charge is 0.507 e. The Bertz CT molecular complexity index is 1420. The van der Waals surface area contributed by atoms with Crippen molar-refractivity contribution in [3.8, 4) is 11.5 Å². The van der Waals surface area contributed by atoms with E-state index in [2.05, 4.69) is 0 Å². The molecule has 1 saturated heterocycles. The van der Waals surface area contributed by atoms with Crippen LogP contribution in [0.5, 0.6) is 11.5 Å². The molecular weight excluding hydrogens is 482 g/mol. The Morgan fingerprint density at radius 2 is 1.81 bits per heavy atom. The molecule has 1 unspecified atom stereocenters. The first kappa shape index (κ1) is 24.3. The maximum atomic E-state index is 14.1. The number of aliphatic hydroxyl groups excluding tert-OH is 1. The van der Waals surface area contributed by atoms with E-state index in [0.29, 0.717) is 42.4 Å². The third-order valence-corrected chi connectivity index (χ3v) is 6.46. The predicted molar refractivity (Wildman–Crippen MR) is 134 cm³/mol. The van der Waals surface area contributed by atoms with Gasteiger partial charge in [0, 0.05) is 24.4 Å². The summed E-state index contributed by atoms with van der Waals surface area (Å²) < 4.78 is 39.0. The van der Waals surface area contributed by atoms with Crippen molar-refractivity contribution in [3.63, 3.8) is 0 Å². The van der Waals surface area contributed by atoms with Crippen molar-refractivity contribution in [3.05, 3.63) is 89.0 Å². The molecule has 0 aliphatic carbocycles. The Labute approximate surface area is 212 Å². The Morgan fingerprint density at radius 3 is 2.51 bits per heavy atom. The average Bonchev–Trinajstić information content (AvgIpc) is 3.16. The number of likely N-dealkylation sites (N-methyl/N-ethyl adjacent to an activating group) is 1. The molecule has 0 aromatic heterocycles. The van der Waals surface area contributed by atoms with Crippen LogP contribution < -0.4 is 19.3 Å². The monoisotopic (exact) mass is 506 g/mol. The molecule has 7 nitrogen and oxygen atoms in total. The van der Waals surface area contributed by atoms with E-state index in [9.17, 15) is 23.5 Å². The first-order chi connectivity index (χ1) is 17.8. The van der Waals surface area contributed by atoms with E-state index in [1.54, 1.807) is 42.5 Å². The molecule has 2 aliphatic heterocycles. The Morgan fingerprint density at radius 1 is 1.05 bits per heavy atom. The van der Waals surface area contributed by atoms with Gasteiger partial charge in [-0.15, -0.1) is 0 Å². The number of nitrogens with zero attached hydrogens (tertiary/aromatic N) is 2. The Kier molecular flexibility index (Phi) is 6.29. The number of benzene rings is 3. The smallest absolute Gasteiger partial charge is 0.300 e. The van der Waals surface area contributed by atoms with Gasteiger partial charge in [0.2, 0.25) is 0 Å². The van der Waals surface area contributed by atoms with E-state index in [4.69, 9.17) is 9.47 Å². The highest BCUT2D eigenvalue weighted by atomic mass is 19.2. The molecule has 0 saturated carbocycles. The van der Waals surface area contributed by atoms with Crippen molar-refractivity contribution < 1.29 is 33.0 Å². The first-order valence-electron chi connectivity index (χ1n) is 11.8. The van der Waals surface area contributed by atoms with Gasteiger partial charge in [-0.2, -0.15) is 0 Å². The van der Waals surface area contributed by atoms with Crippen LogP contribution in [0.4, 0.5) is 20.2 Å². The van der Waals surface area contributed by atoms with Gasteiger partial charge in [0.1, 0.15) is 23.9 Å². The van der Waals surface area contributed by atoms with E-state index in [1.165, 1.54) is 6.07 Å². The predicted octanol–water partition coefficient (Wildman–Crippen LogP) is 4.82.